The molecule has 0 fully saturated rings. The number of carbonyl (C=O) groups is 1. The number of rotatable bonds is 9. The highest BCUT2D eigenvalue weighted by Gasteiger charge is 2.15. The number of sulfonamides is 1. The van der Waals surface area contributed by atoms with Crippen molar-refractivity contribution in [1.29, 1.82) is 0 Å². The topological polar surface area (TPSA) is 111 Å². The van der Waals surface area contributed by atoms with E-state index in [4.69, 9.17) is 10.5 Å². The van der Waals surface area contributed by atoms with Gasteiger partial charge in [-0.3, -0.25) is 9.52 Å². The lowest BCUT2D eigenvalue weighted by atomic mass is 10.2. The van der Waals surface area contributed by atoms with Crippen molar-refractivity contribution in [2.45, 2.75) is 17.7 Å². The minimum atomic E-state index is -3.74. The van der Waals surface area contributed by atoms with Crippen LogP contribution in [-0.2, 0) is 10.0 Å². The van der Waals surface area contributed by atoms with Gasteiger partial charge in [-0.2, -0.15) is 0 Å². The van der Waals surface area contributed by atoms with Gasteiger partial charge in [0, 0.05) is 17.8 Å². The normalized spacial score (nSPS) is 11.0. The summed E-state index contributed by atoms with van der Waals surface area (Å²) >= 11 is 0. The molecule has 0 bridgehead atoms. The van der Waals surface area contributed by atoms with Gasteiger partial charge < -0.3 is 15.8 Å². The summed E-state index contributed by atoms with van der Waals surface area (Å²) < 4.78 is 32.4. The Morgan fingerprint density at radius 1 is 1.04 bits per heavy atom. The number of anilines is 1. The summed E-state index contributed by atoms with van der Waals surface area (Å²) in [6, 6.07) is 12.3. The molecule has 2 aromatic carbocycles. The van der Waals surface area contributed by atoms with Gasteiger partial charge in [0.2, 0.25) is 0 Å². The Labute approximate surface area is 153 Å². The third-order valence-corrected chi connectivity index (χ3v) is 5.08. The van der Waals surface area contributed by atoms with Crippen LogP contribution >= 0.6 is 0 Å². The summed E-state index contributed by atoms with van der Waals surface area (Å²) in [6.45, 7) is 1.12. The molecule has 0 aliphatic heterocycles. The molecule has 0 saturated heterocycles. The predicted molar refractivity (Wildman–Crippen MR) is 101 cm³/mol. The van der Waals surface area contributed by atoms with Crippen LogP contribution in [0.2, 0.25) is 0 Å². The number of hydrogen-bond donors (Lipinski definition) is 3. The Morgan fingerprint density at radius 3 is 2.27 bits per heavy atom. The van der Waals surface area contributed by atoms with Gasteiger partial charge in [0.1, 0.15) is 5.75 Å². The second-order valence-corrected chi connectivity index (χ2v) is 7.29. The summed E-state index contributed by atoms with van der Waals surface area (Å²) in [5, 5.41) is 2.77. The van der Waals surface area contributed by atoms with E-state index in [-0.39, 0.29) is 10.8 Å². The van der Waals surface area contributed by atoms with Gasteiger partial charge in [-0.25, -0.2) is 8.42 Å². The molecule has 2 aromatic rings. The number of hydrogen-bond acceptors (Lipinski definition) is 5. The van der Waals surface area contributed by atoms with Crippen molar-refractivity contribution in [3.8, 4) is 5.75 Å². The molecule has 1 amide bonds. The number of nitrogens with two attached hydrogens (primary N) is 1. The monoisotopic (exact) mass is 377 g/mol. The van der Waals surface area contributed by atoms with E-state index in [2.05, 4.69) is 10.0 Å². The third-order valence-electron chi connectivity index (χ3n) is 3.69. The van der Waals surface area contributed by atoms with Crippen LogP contribution in [0.15, 0.2) is 53.4 Å². The van der Waals surface area contributed by atoms with Crippen molar-refractivity contribution >= 4 is 21.6 Å². The Morgan fingerprint density at radius 2 is 1.69 bits per heavy atom. The van der Waals surface area contributed by atoms with Crippen molar-refractivity contribution in [1.82, 2.24) is 5.32 Å². The summed E-state index contributed by atoms with van der Waals surface area (Å²) in [6.07, 6.45) is 1.65. The largest absolute Gasteiger partial charge is 0.497 e. The molecule has 26 heavy (non-hydrogen) atoms. The maximum Gasteiger partial charge on any atom is 0.261 e. The molecule has 0 saturated carbocycles. The zero-order valence-electron chi connectivity index (χ0n) is 14.6. The number of unbranched alkanes of at least 4 members (excludes halogenated alkanes) is 1. The molecule has 0 aliphatic carbocycles. The maximum atomic E-state index is 12.4. The van der Waals surface area contributed by atoms with E-state index in [9.17, 15) is 13.2 Å². The number of nitrogens with one attached hydrogen (secondary N) is 2. The first-order valence-electron chi connectivity index (χ1n) is 8.21. The highest BCUT2D eigenvalue weighted by molar-refractivity contribution is 7.92. The number of benzene rings is 2. The van der Waals surface area contributed by atoms with Crippen molar-refractivity contribution in [3.63, 3.8) is 0 Å². The van der Waals surface area contributed by atoms with Crippen LogP contribution < -0.4 is 20.5 Å². The van der Waals surface area contributed by atoms with E-state index >= 15 is 0 Å². The number of methoxy groups -OCH3 is 1. The van der Waals surface area contributed by atoms with E-state index in [0.29, 0.717) is 30.1 Å². The summed E-state index contributed by atoms with van der Waals surface area (Å²) in [5.74, 6) is 0.392. The Balaban J connectivity index is 2.02. The van der Waals surface area contributed by atoms with Crippen LogP contribution in [-0.4, -0.2) is 34.5 Å². The van der Waals surface area contributed by atoms with Crippen molar-refractivity contribution in [2.75, 3.05) is 24.9 Å². The van der Waals surface area contributed by atoms with Gasteiger partial charge in [-0.05, 0) is 67.9 Å². The van der Waals surface area contributed by atoms with Gasteiger partial charge >= 0.3 is 0 Å². The van der Waals surface area contributed by atoms with Gasteiger partial charge in [0.15, 0.2) is 0 Å². The first-order chi connectivity index (χ1) is 12.5. The lowest BCUT2D eigenvalue weighted by Gasteiger charge is -2.10. The van der Waals surface area contributed by atoms with Crippen LogP contribution in [0.1, 0.15) is 23.2 Å². The van der Waals surface area contributed by atoms with E-state index in [1.165, 1.54) is 31.4 Å². The molecule has 2 rings (SSSR count). The zero-order chi connectivity index (χ0) is 19.0. The van der Waals surface area contributed by atoms with Gasteiger partial charge in [0.05, 0.1) is 12.0 Å². The van der Waals surface area contributed by atoms with Crippen LogP contribution in [0.3, 0.4) is 0 Å². The van der Waals surface area contributed by atoms with Gasteiger partial charge in [-0.15, -0.1) is 0 Å². The van der Waals surface area contributed by atoms with Crippen LogP contribution in [0.25, 0.3) is 0 Å². The van der Waals surface area contributed by atoms with E-state index in [1.807, 2.05) is 0 Å². The fraction of sp³-hybridized carbons (Fsp3) is 0.278. The average molecular weight is 377 g/mol. The standard InChI is InChI=1S/C18H23N3O4S/c1-25-16-8-6-15(7-9-16)21-26(23,24)17-10-4-14(5-11-17)18(22)20-13-3-2-12-19/h4-11,21H,2-3,12-13,19H2,1H3,(H,20,22). The molecule has 140 valence electrons. The molecule has 0 atom stereocenters. The van der Waals surface area contributed by atoms with Crippen molar-refractivity contribution < 1.29 is 17.9 Å². The van der Waals surface area contributed by atoms with Crippen molar-refractivity contribution in [3.05, 3.63) is 54.1 Å². The van der Waals surface area contributed by atoms with Crippen molar-refractivity contribution in [2.24, 2.45) is 5.73 Å². The van der Waals surface area contributed by atoms with Crippen LogP contribution in [0.5, 0.6) is 5.75 Å². The highest BCUT2D eigenvalue weighted by Crippen LogP contribution is 2.19. The number of ether oxygens (including phenoxy) is 1. The molecule has 8 heteroatoms. The maximum absolute atomic E-state index is 12.4. The smallest absolute Gasteiger partial charge is 0.261 e. The van der Waals surface area contributed by atoms with Gasteiger partial charge in [0.25, 0.3) is 15.9 Å². The SMILES string of the molecule is COc1ccc(NS(=O)(=O)c2ccc(C(=O)NCCCCN)cc2)cc1. The molecular formula is C18H23N3O4S. The minimum absolute atomic E-state index is 0.0769. The number of amides is 1. The molecule has 4 N–H and O–H groups in total. The Bertz CT molecular complexity index is 819. The summed E-state index contributed by atoms with van der Waals surface area (Å²) in [4.78, 5) is 12.1. The fourth-order valence-electron chi connectivity index (χ4n) is 2.23. The molecule has 0 aliphatic rings. The second-order valence-electron chi connectivity index (χ2n) is 5.61. The molecular weight excluding hydrogens is 354 g/mol. The van der Waals surface area contributed by atoms with Crippen LogP contribution in [0, 0.1) is 0 Å². The molecule has 0 aromatic heterocycles. The van der Waals surface area contributed by atoms with Gasteiger partial charge in [-0.1, -0.05) is 0 Å². The molecule has 0 heterocycles. The molecule has 0 radical (unpaired) electrons. The van der Waals surface area contributed by atoms with E-state index < -0.39 is 10.0 Å². The first kappa shape index (κ1) is 19.7. The van der Waals surface area contributed by atoms with E-state index in [0.717, 1.165) is 12.8 Å². The molecule has 7 nitrogen and oxygen atoms in total. The zero-order valence-corrected chi connectivity index (χ0v) is 15.4. The Hall–Kier alpha value is -2.58. The minimum Gasteiger partial charge on any atom is -0.497 e. The second kappa shape index (κ2) is 9.21. The summed E-state index contributed by atoms with van der Waals surface area (Å²) in [5.41, 5.74) is 6.23. The molecule has 0 spiro atoms. The summed E-state index contributed by atoms with van der Waals surface area (Å²) in [7, 11) is -2.20. The fourth-order valence-corrected chi connectivity index (χ4v) is 3.29. The highest BCUT2D eigenvalue weighted by atomic mass is 32.2. The molecule has 0 unspecified atom stereocenters. The quantitative estimate of drug-likeness (QED) is 0.579. The first-order valence-corrected chi connectivity index (χ1v) is 9.70. The average Bonchev–Trinajstić information content (AvgIpc) is 2.65. The third kappa shape index (κ3) is 5.47. The van der Waals surface area contributed by atoms with E-state index in [1.54, 1.807) is 24.3 Å². The Kier molecular flexibility index (Phi) is 6.99. The lowest BCUT2D eigenvalue weighted by molar-refractivity contribution is 0.0953. The number of carbonyl (C=O) groups excluding carboxylic acids is 1. The predicted octanol–water partition coefficient (Wildman–Crippen LogP) is 1.96. The van der Waals surface area contributed by atoms with Crippen LogP contribution in [0.4, 0.5) is 5.69 Å². The lowest BCUT2D eigenvalue weighted by Crippen LogP contribution is -2.25.